The van der Waals surface area contributed by atoms with Crippen LogP contribution in [-0.2, 0) is 14.3 Å². The molecule has 0 saturated heterocycles. The van der Waals surface area contributed by atoms with E-state index >= 15 is 0 Å². The number of nitrogens with one attached hydrogen (secondary N) is 1. The summed E-state index contributed by atoms with van der Waals surface area (Å²) >= 11 is 5.85. The molecular weight excluding hydrogens is 365 g/mol. The lowest BCUT2D eigenvalue weighted by Crippen LogP contribution is -2.41. The van der Waals surface area contributed by atoms with E-state index in [2.05, 4.69) is 5.32 Å². The molecule has 1 aliphatic heterocycles. The van der Waals surface area contributed by atoms with Crippen molar-refractivity contribution in [2.45, 2.75) is 19.1 Å². The van der Waals surface area contributed by atoms with Gasteiger partial charge in [-0.05, 0) is 37.3 Å². The van der Waals surface area contributed by atoms with Gasteiger partial charge in [-0.1, -0.05) is 23.7 Å². The number of hydrogen-bond acceptors (Lipinski definition) is 5. The molecule has 1 aliphatic rings. The van der Waals surface area contributed by atoms with Crippen LogP contribution in [0, 0.1) is 5.82 Å². The SMILES string of the molecule is CC(OC(=O)C1COc2ccccc2O1)C(=O)Nc1ccc(F)cc1Cl. The maximum absolute atomic E-state index is 13.0. The smallest absolute Gasteiger partial charge is 0.351 e. The molecule has 26 heavy (non-hydrogen) atoms. The summed E-state index contributed by atoms with van der Waals surface area (Å²) in [5.41, 5.74) is 0.215. The van der Waals surface area contributed by atoms with Crippen LogP contribution in [-0.4, -0.2) is 30.7 Å². The molecule has 2 atom stereocenters. The summed E-state index contributed by atoms with van der Waals surface area (Å²) in [6, 6.07) is 10.5. The molecule has 2 unspecified atom stereocenters. The fraction of sp³-hybridized carbons (Fsp3) is 0.222. The molecule has 3 rings (SSSR count). The van der Waals surface area contributed by atoms with Gasteiger partial charge in [0.25, 0.3) is 5.91 Å². The molecule has 136 valence electrons. The Hall–Kier alpha value is -2.80. The second-order valence-electron chi connectivity index (χ2n) is 5.56. The first-order valence-corrected chi connectivity index (χ1v) is 8.16. The van der Waals surface area contributed by atoms with E-state index in [4.69, 9.17) is 25.8 Å². The van der Waals surface area contributed by atoms with E-state index in [9.17, 15) is 14.0 Å². The standard InChI is InChI=1S/C18H15ClFNO5/c1-10(17(22)21-13-7-6-11(20)8-12(13)19)25-18(23)16-9-24-14-4-2-3-5-15(14)26-16/h2-8,10,16H,9H2,1H3,(H,21,22). The molecule has 0 bridgehead atoms. The normalized spacial score (nSPS) is 16.5. The number of benzene rings is 2. The minimum Gasteiger partial charge on any atom is -0.485 e. The number of rotatable bonds is 4. The molecule has 2 aromatic carbocycles. The molecule has 1 amide bonds. The van der Waals surface area contributed by atoms with E-state index in [-0.39, 0.29) is 17.3 Å². The molecule has 2 aromatic rings. The third-order valence-corrected chi connectivity index (χ3v) is 3.94. The summed E-state index contributed by atoms with van der Waals surface area (Å²) in [7, 11) is 0. The Morgan fingerprint density at radius 1 is 1.27 bits per heavy atom. The number of carbonyl (C=O) groups is 2. The highest BCUT2D eigenvalue weighted by molar-refractivity contribution is 6.33. The van der Waals surface area contributed by atoms with E-state index in [0.29, 0.717) is 11.5 Å². The molecule has 1 heterocycles. The predicted octanol–water partition coefficient (Wildman–Crippen LogP) is 3.19. The monoisotopic (exact) mass is 379 g/mol. The molecule has 0 aromatic heterocycles. The van der Waals surface area contributed by atoms with E-state index in [1.807, 2.05) is 0 Å². The van der Waals surface area contributed by atoms with E-state index < -0.39 is 29.9 Å². The number of hydrogen-bond donors (Lipinski definition) is 1. The number of carbonyl (C=O) groups excluding carboxylic acids is 2. The predicted molar refractivity (Wildman–Crippen MR) is 91.9 cm³/mol. The summed E-state index contributed by atoms with van der Waals surface area (Å²) < 4.78 is 29.1. The van der Waals surface area contributed by atoms with Gasteiger partial charge in [0.2, 0.25) is 6.10 Å². The molecule has 0 saturated carbocycles. The Balaban J connectivity index is 1.58. The van der Waals surface area contributed by atoms with E-state index in [0.717, 1.165) is 12.1 Å². The van der Waals surface area contributed by atoms with Gasteiger partial charge in [0, 0.05) is 0 Å². The molecule has 0 aliphatic carbocycles. The van der Waals surface area contributed by atoms with Crippen LogP contribution in [0.25, 0.3) is 0 Å². The van der Waals surface area contributed by atoms with Crippen molar-refractivity contribution < 1.29 is 28.2 Å². The minimum absolute atomic E-state index is 0.0199. The van der Waals surface area contributed by atoms with Gasteiger partial charge in [0.05, 0.1) is 10.7 Å². The van der Waals surface area contributed by atoms with Crippen molar-refractivity contribution in [1.82, 2.24) is 0 Å². The van der Waals surface area contributed by atoms with Gasteiger partial charge in [0.15, 0.2) is 17.6 Å². The number of esters is 1. The van der Waals surface area contributed by atoms with Gasteiger partial charge in [-0.15, -0.1) is 0 Å². The number of halogens is 2. The Bertz CT molecular complexity index is 844. The Morgan fingerprint density at radius 3 is 2.73 bits per heavy atom. The first-order chi connectivity index (χ1) is 12.4. The van der Waals surface area contributed by atoms with E-state index in [1.165, 1.54) is 13.0 Å². The highest BCUT2D eigenvalue weighted by Crippen LogP contribution is 2.31. The van der Waals surface area contributed by atoms with Crippen molar-refractivity contribution in [2.75, 3.05) is 11.9 Å². The molecule has 0 spiro atoms. The molecule has 0 fully saturated rings. The number of anilines is 1. The molecule has 6 nitrogen and oxygen atoms in total. The second-order valence-corrected chi connectivity index (χ2v) is 5.96. The van der Waals surface area contributed by atoms with Gasteiger partial charge < -0.3 is 19.5 Å². The average molecular weight is 380 g/mol. The maximum atomic E-state index is 13.0. The lowest BCUT2D eigenvalue weighted by Gasteiger charge is -2.25. The molecular formula is C18H15ClFNO5. The van der Waals surface area contributed by atoms with Crippen LogP contribution in [0.2, 0.25) is 5.02 Å². The van der Waals surface area contributed by atoms with Crippen molar-refractivity contribution in [3.8, 4) is 11.5 Å². The zero-order chi connectivity index (χ0) is 18.7. The second kappa shape index (κ2) is 7.61. The van der Waals surface area contributed by atoms with Crippen LogP contribution in [0.4, 0.5) is 10.1 Å². The van der Waals surface area contributed by atoms with Crippen molar-refractivity contribution >= 4 is 29.2 Å². The highest BCUT2D eigenvalue weighted by Gasteiger charge is 2.31. The number of para-hydroxylation sites is 2. The first-order valence-electron chi connectivity index (χ1n) is 7.79. The molecule has 1 N–H and O–H groups in total. The fourth-order valence-electron chi connectivity index (χ4n) is 2.26. The van der Waals surface area contributed by atoms with Crippen molar-refractivity contribution in [1.29, 1.82) is 0 Å². The summed E-state index contributed by atoms with van der Waals surface area (Å²) in [6.45, 7) is 1.39. The zero-order valence-corrected chi connectivity index (χ0v) is 14.5. The highest BCUT2D eigenvalue weighted by atomic mass is 35.5. The third kappa shape index (κ3) is 4.05. The average Bonchev–Trinajstić information content (AvgIpc) is 2.63. The van der Waals surface area contributed by atoms with Crippen LogP contribution in [0.3, 0.4) is 0 Å². The summed E-state index contributed by atoms with van der Waals surface area (Å²) in [6.07, 6.45) is -2.08. The first kappa shape index (κ1) is 18.0. The van der Waals surface area contributed by atoms with Gasteiger partial charge >= 0.3 is 5.97 Å². The van der Waals surface area contributed by atoms with Crippen LogP contribution in [0.5, 0.6) is 11.5 Å². The quantitative estimate of drug-likeness (QED) is 0.826. The summed E-state index contributed by atoms with van der Waals surface area (Å²) in [5.74, 6) is -0.900. The lowest BCUT2D eigenvalue weighted by atomic mass is 10.2. The van der Waals surface area contributed by atoms with Gasteiger partial charge in [-0.3, -0.25) is 4.79 Å². The Labute approximate surface area is 153 Å². The van der Waals surface area contributed by atoms with Crippen LogP contribution >= 0.6 is 11.6 Å². The Kier molecular flexibility index (Phi) is 5.27. The van der Waals surface area contributed by atoms with Crippen LogP contribution in [0.1, 0.15) is 6.92 Å². The number of ether oxygens (including phenoxy) is 3. The lowest BCUT2D eigenvalue weighted by molar-refractivity contribution is -0.162. The van der Waals surface area contributed by atoms with Gasteiger partial charge in [-0.25, -0.2) is 9.18 Å². The molecule has 0 radical (unpaired) electrons. The van der Waals surface area contributed by atoms with E-state index in [1.54, 1.807) is 24.3 Å². The van der Waals surface area contributed by atoms with Crippen LogP contribution < -0.4 is 14.8 Å². The van der Waals surface area contributed by atoms with Crippen molar-refractivity contribution in [3.05, 3.63) is 53.3 Å². The Morgan fingerprint density at radius 2 is 2.00 bits per heavy atom. The summed E-state index contributed by atoms with van der Waals surface area (Å²) in [4.78, 5) is 24.4. The summed E-state index contributed by atoms with van der Waals surface area (Å²) in [5, 5.41) is 2.51. The van der Waals surface area contributed by atoms with Crippen LogP contribution in [0.15, 0.2) is 42.5 Å². The zero-order valence-electron chi connectivity index (χ0n) is 13.7. The number of fused-ring (bicyclic) bond motifs is 1. The third-order valence-electron chi connectivity index (χ3n) is 3.62. The fourth-order valence-corrected chi connectivity index (χ4v) is 2.48. The van der Waals surface area contributed by atoms with Crippen molar-refractivity contribution in [2.24, 2.45) is 0 Å². The maximum Gasteiger partial charge on any atom is 0.351 e. The minimum atomic E-state index is -1.11. The van der Waals surface area contributed by atoms with Gasteiger partial charge in [-0.2, -0.15) is 0 Å². The number of amides is 1. The largest absolute Gasteiger partial charge is 0.485 e. The van der Waals surface area contributed by atoms with Crippen molar-refractivity contribution in [3.63, 3.8) is 0 Å². The van der Waals surface area contributed by atoms with Gasteiger partial charge in [0.1, 0.15) is 12.4 Å². The topological polar surface area (TPSA) is 73.9 Å². The molecule has 8 heteroatoms.